The van der Waals surface area contributed by atoms with Crippen LogP contribution in [0.4, 0.5) is 10.1 Å². The van der Waals surface area contributed by atoms with Crippen LogP contribution < -0.4 is 4.72 Å². The number of hydrogen-bond acceptors (Lipinski definition) is 4. The molecule has 1 N–H and O–H groups in total. The van der Waals surface area contributed by atoms with Crippen molar-refractivity contribution in [1.29, 1.82) is 0 Å². The Hall–Kier alpha value is -1.60. The van der Waals surface area contributed by atoms with Crippen molar-refractivity contribution in [1.82, 2.24) is 0 Å². The average molecular weight is 348 g/mol. The Bertz CT molecular complexity index is 718. The molecule has 1 aromatic carbocycles. The number of hydrogen-bond donors (Lipinski definition) is 1. The maximum atomic E-state index is 13.0. The first kappa shape index (κ1) is 16.8. The zero-order valence-corrected chi connectivity index (χ0v) is 13.4. The number of anilines is 1. The highest BCUT2D eigenvalue weighted by molar-refractivity contribution is 7.93. The summed E-state index contributed by atoms with van der Waals surface area (Å²) < 4.78 is 45.1. The van der Waals surface area contributed by atoms with E-state index in [4.69, 9.17) is 16.3 Å². The molecule has 0 aliphatic heterocycles. The molecule has 1 unspecified atom stereocenters. The third-order valence-corrected chi connectivity index (χ3v) is 5.26. The van der Waals surface area contributed by atoms with Crippen LogP contribution in [0.25, 0.3) is 0 Å². The van der Waals surface area contributed by atoms with E-state index >= 15 is 0 Å². The van der Waals surface area contributed by atoms with Crippen molar-refractivity contribution in [3.8, 4) is 0 Å². The number of ether oxygens (including phenoxy) is 1. The van der Waals surface area contributed by atoms with Crippen molar-refractivity contribution in [3.05, 3.63) is 40.7 Å². The third kappa shape index (κ3) is 3.59. The van der Waals surface area contributed by atoms with E-state index in [-0.39, 0.29) is 29.3 Å². The van der Waals surface area contributed by atoms with Crippen molar-refractivity contribution in [2.24, 2.45) is 0 Å². The fourth-order valence-corrected chi connectivity index (χ4v) is 4.10. The Morgan fingerprint density at radius 3 is 2.86 bits per heavy atom. The molecule has 22 heavy (non-hydrogen) atoms. The molecule has 0 spiro atoms. The van der Waals surface area contributed by atoms with Gasteiger partial charge in [0.1, 0.15) is 11.1 Å². The molecule has 0 saturated carbocycles. The van der Waals surface area contributed by atoms with Crippen molar-refractivity contribution < 1.29 is 22.3 Å². The molecule has 5 nitrogen and oxygen atoms in total. The molecule has 1 aromatic rings. The number of carbonyl (C=O) groups is 1. The van der Waals surface area contributed by atoms with Gasteiger partial charge >= 0.3 is 5.97 Å². The van der Waals surface area contributed by atoms with Gasteiger partial charge in [0.25, 0.3) is 0 Å². The number of nitrogens with one attached hydrogen (secondary N) is 1. The van der Waals surface area contributed by atoms with Crippen LogP contribution in [0.2, 0.25) is 5.02 Å². The zero-order valence-electron chi connectivity index (χ0n) is 11.8. The Morgan fingerprint density at radius 1 is 1.50 bits per heavy atom. The number of benzene rings is 1. The maximum Gasteiger partial charge on any atom is 0.335 e. The summed E-state index contributed by atoms with van der Waals surface area (Å²) in [5.41, 5.74) is 0.186. The molecule has 0 heterocycles. The molecule has 8 heteroatoms. The summed E-state index contributed by atoms with van der Waals surface area (Å²) in [5.74, 6) is -1.21. The van der Waals surface area contributed by atoms with E-state index in [1.165, 1.54) is 6.07 Å². The summed E-state index contributed by atoms with van der Waals surface area (Å²) in [7, 11) is -3.89. The first-order valence-corrected chi connectivity index (χ1v) is 8.61. The summed E-state index contributed by atoms with van der Waals surface area (Å²) in [5, 5.41) is -1.06. The van der Waals surface area contributed by atoms with E-state index in [1.807, 2.05) is 0 Å². The van der Waals surface area contributed by atoms with Gasteiger partial charge in [-0.1, -0.05) is 17.7 Å². The number of esters is 1. The van der Waals surface area contributed by atoms with Crippen molar-refractivity contribution in [2.45, 2.75) is 25.0 Å². The number of sulfonamides is 1. The maximum absolute atomic E-state index is 13.0. The van der Waals surface area contributed by atoms with Crippen LogP contribution in [0.3, 0.4) is 0 Å². The number of carbonyl (C=O) groups excluding carboxylic acids is 1. The minimum atomic E-state index is -3.89. The molecule has 1 atom stereocenters. The number of rotatable bonds is 5. The van der Waals surface area contributed by atoms with Gasteiger partial charge in [0.15, 0.2) is 0 Å². The van der Waals surface area contributed by atoms with Crippen molar-refractivity contribution in [2.75, 3.05) is 11.3 Å². The van der Waals surface area contributed by atoms with Gasteiger partial charge in [-0.15, -0.1) is 0 Å². The fraction of sp³-hybridized carbons (Fsp3) is 0.357. The van der Waals surface area contributed by atoms with Gasteiger partial charge in [0.05, 0.1) is 22.9 Å². The highest BCUT2D eigenvalue weighted by atomic mass is 35.5. The predicted octanol–water partition coefficient (Wildman–Crippen LogP) is 2.87. The van der Waals surface area contributed by atoms with Gasteiger partial charge in [0, 0.05) is 0 Å². The van der Waals surface area contributed by atoms with E-state index < -0.39 is 27.1 Å². The summed E-state index contributed by atoms with van der Waals surface area (Å²) in [6.45, 7) is 1.81. The third-order valence-electron chi connectivity index (χ3n) is 3.21. The molecular weight excluding hydrogens is 333 g/mol. The smallest absolute Gasteiger partial charge is 0.335 e. The van der Waals surface area contributed by atoms with Crippen molar-refractivity contribution in [3.63, 3.8) is 0 Å². The summed E-state index contributed by atoms with van der Waals surface area (Å²) in [6, 6.07) is 3.34. The molecule has 2 rings (SSSR count). The van der Waals surface area contributed by atoms with Crippen LogP contribution >= 0.6 is 11.6 Å². The minimum absolute atomic E-state index is 0.0526. The van der Waals surface area contributed by atoms with E-state index in [0.717, 1.165) is 12.1 Å². The van der Waals surface area contributed by atoms with Crippen LogP contribution in [0.15, 0.2) is 29.8 Å². The minimum Gasteiger partial charge on any atom is -0.463 e. The molecule has 1 aliphatic carbocycles. The Balaban J connectivity index is 2.23. The molecule has 0 bridgehead atoms. The molecule has 120 valence electrons. The molecule has 0 saturated heterocycles. The lowest BCUT2D eigenvalue weighted by Gasteiger charge is -2.17. The van der Waals surface area contributed by atoms with E-state index in [0.29, 0.717) is 6.42 Å². The highest BCUT2D eigenvalue weighted by Gasteiger charge is 2.36. The highest BCUT2D eigenvalue weighted by Crippen LogP contribution is 2.30. The van der Waals surface area contributed by atoms with Gasteiger partial charge in [-0.25, -0.2) is 17.6 Å². The number of allylic oxidation sites excluding steroid dienone is 1. The Labute approximate surface area is 133 Å². The number of halogens is 2. The first-order chi connectivity index (χ1) is 10.3. The van der Waals surface area contributed by atoms with Crippen LogP contribution in [-0.2, 0) is 19.6 Å². The summed E-state index contributed by atoms with van der Waals surface area (Å²) in [4.78, 5) is 11.8. The standard InChI is InChI=1S/C14H15ClFNO4S/c1-2-21-14(18)10-4-3-5-13(10)22(19,20)17-12-7-6-9(16)8-11(12)15/h4,6-8,13,17H,2-3,5H2,1H3. The van der Waals surface area contributed by atoms with Crippen LogP contribution in [0.5, 0.6) is 0 Å². The van der Waals surface area contributed by atoms with Crippen molar-refractivity contribution >= 4 is 33.3 Å². The zero-order chi connectivity index (χ0) is 16.3. The molecule has 0 aromatic heterocycles. The molecular formula is C14H15ClFNO4S. The lowest BCUT2D eigenvalue weighted by atomic mass is 10.2. The second kappa shape index (κ2) is 6.66. The normalized spacial score (nSPS) is 18.0. The van der Waals surface area contributed by atoms with Crippen LogP contribution in [0.1, 0.15) is 19.8 Å². The van der Waals surface area contributed by atoms with Gasteiger partial charge in [0.2, 0.25) is 10.0 Å². The van der Waals surface area contributed by atoms with Gasteiger partial charge in [-0.05, 0) is 38.0 Å². The average Bonchev–Trinajstić information content (AvgIpc) is 2.92. The molecule has 0 fully saturated rings. The molecule has 1 aliphatic rings. The predicted molar refractivity (Wildman–Crippen MR) is 81.7 cm³/mol. The topological polar surface area (TPSA) is 72.5 Å². The Morgan fingerprint density at radius 2 is 2.23 bits per heavy atom. The molecule has 0 radical (unpaired) electrons. The second-order valence-electron chi connectivity index (χ2n) is 4.72. The van der Waals surface area contributed by atoms with E-state index in [1.54, 1.807) is 13.0 Å². The quantitative estimate of drug-likeness (QED) is 0.831. The molecule has 0 amide bonds. The summed E-state index contributed by atoms with van der Waals surface area (Å²) in [6.07, 6.45) is 2.31. The second-order valence-corrected chi connectivity index (χ2v) is 6.99. The lowest BCUT2D eigenvalue weighted by molar-refractivity contribution is -0.138. The van der Waals surface area contributed by atoms with E-state index in [2.05, 4.69) is 4.72 Å². The Kier molecular flexibility index (Phi) is 5.08. The fourth-order valence-electron chi connectivity index (χ4n) is 2.23. The van der Waals surface area contributed by atoms with Crippen LogP contribution in [0, 0.1) is 5.82 Å². The largest absolute Gasteiger partial charge is 0.463 e. The monoisotopic (exact) mass is 347 g/mol. The van der Waals surface area contributed by atoms with Gasteiger partial charge < -0.3 is 4.74 Å². The first-order valence-electron chi connectivity index (χ1n) is 6.69. The SMILES string of the molecule is CCOC(=O)C1=CCCC1S(=O)(=O)Nc1ccc(F)cc1Cl. The van der Waals surface area contributed by atoms with Crippen LogP contribution in [-0.4, -0.2) is 26.2 Å². The van der Waals surface area contributed by atoms with Gasteiger partial charge in [-0.2, -0.15) is 0 Å². The van der Waals surface area contributed by atoms with Gasteiger partial charge in [-0.3, -0.25) is 4.72 Å². The lowest BCUT2D eigenvalue weighted by Crippen LogP contribution is -2.31. The summed E-state index contributed by atoms with van der Waals surface area (Å²) >= 11 is 5.82. The van der Waals surface area contributed by atoms with E-state index in [9.17, 15) is 17.6 Å².